The van der Waals surface area contributed by atoms with E-state index in [4.69, 9.17) is 0 Å². The normalized spacial score (nSPS) is 11.6. The number of rotatable bonds is 4. The molecule has 5 nitrogen and oxygen atoms in total. The standard InChI is InChI=1S/C15H21N3O2/c1-11(2)14-13(10-16(3)20)17(4)18(15(14)19)12-8-6-5-7-9-12/h5-9,11,20H,10H2,1-4H3. The molecule has 0 aliphatic heterocycles. The van der Waals surface area contributed by atoms with Crippen LogP contribution in [0.2, 0.25) is 0 Å². The Labute approximate surface area is 118 Å². The third-order valence-electron chi connectivity index (χ3n) is 3.38. The van der Waals surface area contributed by atoms with E-state index in [-0.39, 0.29) is 11.5 Å². The van der Waals surface area contributed by atoms with E-state index in [1.165, 1.54) is 0 Å². The molecule has 1 aromatic carbocycles. The van der Waals surface area contributed by atoms with Crippen molar-refractivity contribution in [1.29, 1.82) is 0 Å². The molecule has 0 fully saturated rings. The Morgan fingerprint density at radius 2 is 1.85 bits per heavy atom. The first kappa shape index (κ1) is 14.6. The molecule has 0 saturated carbocycles. The van der Waals surface area contributed by atoms with Crippen molar-refractivity contribution < 1.29 is 5.21 Å². The van der Waals surface area contributed by atoms with Gasteiger partial charge in [-0.05, 0) is 18.1 Å². The molecule has 0 amide bonds. The third kappa shape index (κ3) is 2.55. The van der Waals surface area contributed by atoms with Crippen LogP contribution in [0.1, 0.15) is 31.0 Å². The van der Waals surface area contributed by atoms with Crippen LogP contribution in [0.5, 0.6) is 0 Å². The van der Waals surface area contributed by atoms with Gasteiger partial charge in [-0.2, -0.15) is 5.06 Å². The predicted molar refractivity (Wildman–Crippen MR) is 78.4 cm³/mol. The molecule has 1 heterocycles. The molecular formula is C15H21N3O2. The maximum absolute atomic E-state index is 12.7. The van der Waals surface area contributed by atoms with E-state index in [9.17, 15) is 10.0 Å². The summed E-state index contributed by atoms with van der Waals surface area (Å²) in [6, 6.07) is 9.53. The highest BCUT2D eigenvalue weighted by molar-refractivity contribution is 5.34. The average molecular weight is 275 g/mol. The van der Waals surface area contributed by atoms with Gasteiger partial charge in [0.25, 0.3) is 5.56 Å². The lowest BCUT2D eigenvalue weighted by Crippen LogP contribution is -2.21. The van der Waals surface area contributed by atoms with Gasteiger partial charge in [0.1, 0.15) is 0 Å². The van der Waals surface area contributed by atoms with Gasteiger partial charge in [-0.25, -0.2) is 4.68 Å². The minimum Gasteiger partial charge on any atom is -0.314 e. The zero-order valence-electron chi connectivity index (χ0n) is 12.4. The molecule has 0 radical (unpaired) electrons. The van der Waals surface area contributed by atoms with Crippen molar-refractivity contribution in [3.63, 3.8) is 0 Å². The molecule has 0 saturated heterocycles. The summed E-state index contributed by atoms with van der Waals surface area (Å²) in [4.78, 5) is 12.7. The van der Waals surface area contributed by atoms with E-state index in [2.05, 4.69) is 0 Å². The van der Waals surface area contributed by atoms with Gasteiger partial charge in [0.2, 0.25) is 0 Å². The van der Waals surface area contributed by atoms with Gasteiger partial charge in [-0.3, -0.25) is 9.48 Å². The highest BCUT2D eigenvalue weighted by atomic mass is 16.5. The van der Waals surface area contributed by atoms with Crippen LogP contribution in [0, 0.1) is 0 Å². The van der Waals surface area contributed by atoms with Crippen molar-refractivity contribution in [3.8, 4) is 5.69 Å². The van der Waals surface area contributed by atoms with Crippen LogP contribution in [-0.4, -0.2) is 26.7 Å². The minimum absolute atomic E-state index is 0.0226. The van der Waals surface area contributed by atoms with Gasteiger partial charge in [0.15, 0.2) is 0 Å². The molecule has 1 N–H and O–H groups in total. The average Bonchev–Trinajstić information content (AvgIpc) is 2.61. The number of hydrogen-bond acceptors (Lipinski definition) is 3. The summed E-state index contributed by atoms with van der Waals surface area (Å²) >= 11 is 0. The van der Waals surface area contributed by atoms with Crippen LogP contribution < -0.4 is 5.56 Å². The molecule has 2 rings (SSSR count). The third-order valence-corrected chi connectivity index (χ3v) is 3.38. The van der Waals surface area contributed by atoms with Crippen LogP contribution in [0.15, 0.2) is 35.1 Å². The quantitative estimate of drug-likeness (QED) is 0.870. The zero-order valence-corrected chi connectivity index (χ0v) is 12.4. The molecule has 0 unspecified atom stereocenters. The Morgan fingerprint density at radius 1 is 1.25 bits per heavy atom. The molecule has 108 valence electrons. The summed E-state index contributed by atoms with van der Waals surface area (Å²) in [5, 5.41) is 10.6. The second kappa shape index (κ2) is 5.64. The second-order valence-corrected chi connectivity index (χ2v) is 5.31. The largest absolute Gasteiger partial charge is 0.314 e. The topological polar surface area (TPSA) is 50.4 Å². The lowest BCUT2D eigenvalue weighted by Gasteiger charge is -2.13. The van der Waals surface area contributed by atoms with E-state index in [0.29, 0.717) is 6.54 Å². The number of para-hydroxylation sites is 1. The highest BCUT2D eigenvalue weighted by Gasteiger charge is 2.21. The first-order valence-electron chi connectivity index (χ1n) is 6.69. The predicted octanol–water partition coefficient (Wildman–Crippen LogP) is 2.12. The summed E-state index contributed by atoms with van der Waals surface area (Å²) in [5.41, 5.74) is 2.38. The summed E-state index contributed by atoms with van der Waals surface area (Å²) < 4.78 is 3.47. The lowest BCUT2D eigenvalue weighted by molar-refractivity contribution is -0.0751. The van der Waals surface area contributed by atoms with Gasteiger partial charge in [-0.1, -0.05) is 32.0 Å². The van der Waals surface area contributed by atoms with Crippen molar-refractivity contribution in [2.24, 2.45) is 7.05 Å². The molecule has 20 heavy (non-hydrogen) atoms. The van der Waals surface area contributed by atoms with Crippen molar-refractivity contribution in [3.05, 3.63) is 51.9 Å². The van der Waals surface area contributed by atoms with Crippen LogP contribution in [0.3, 0.4) is 0 Å². The maximum Gasteiger partial charge on any atom is 0.275 e. The number of benzene rings is 1. The van der Waals surface area contributed by atoms with Gasteiger partial charge in [0.05, 0.1) is 17.9 Å². The van der Waals surface area contributed by atoms with Crippen molar-refractivity contribution >= 4 is 0 Å². The van der Waals surface area contributed by atoms with Crippen molar-refractivity contribution in [2.45, 2.75) is 26.3 Å². The molecule has 2 aromatic rings. The van der Waals surface area contributed by atoms with E-state index in [1.54, 1.807) is 11.7 Å². The lowest BCUT2D eigenvalue weighted by atomic mass is 10.0. The van der Waals surface area contributed by atoms with E-state index in [0.717, 1.165) is 22.0 Å². The van der Waals surface area contributed by atoms with Gasteiger partial charge in [-0.15, -0.1) is 0 Å². The van der Waals surface area contributed by atoms with Gasteiger partial charge < -0.3 is 5.21 Å². The van der Waals surface area contributed by atoms with E-state index < -0.39 is 0 Å². The minimum atomic E-state index is -0.0226. The monoisotopic (exact) mass is 275 g/mol. The Balaban J connectivity index is 2.69. The summed E-state index contributed by atoms with van der Waals surface area (Å²) in [5.74, 6) is 0.105. The second-order valence-electron chi connectivity index (χ2n) is 5.31. The molecular weight excluding hydrogens is 254 g/mol. The summed E-state index contributed by atoms with van der Waals surface area (Å²) in [7, 11) is 3.42. The van der Waals surface area contributed by atoms with E-state index in [1.807, 2.05) is 55.9 Å². The molecule has 0 aliphatic carbocycles. The van der Waals surface area contributed by atoms with E-state index >= 15 is 0 Å². The number of aromatic nitrogens is 2. The first-order chi connectivity index (χ1) is 9.43. The fourth-order valence-corrected chi connectivity index (χ4v) is 2.51. The molecule has 0 aliphatic rings. The summed E-state index contributed by atoms with van der Waals surface area (Å²) in [6.07, 6.45) is 0. The van der Waals surface area contributed by atoms with Crippen LogP contribution in [0.4, 0.5) is 0 Å². The smallest absolute Gasteiger partial charge is 0.275 e. The highest BCUT2D eigenvalue weighted by Crippen LogP contribution is 2.19. The first-order valence-corrected chi connectivity index (χ1v) is 6.69. The Hall–Kier alpha value is -1.85. The van der Waals surface area contributed by atoms with Crippen LogP contribution >= 0.6 is 0 Å². The maximum atomic E-state index is 12.7. The Kier molecular flexibility index (Phi) is 4.11. The van der Waals surface area contributed by atoms with Gasteiger partial charge >= 0.3 is 0 Å². The van der Waals surface area contributed by atoms with Gasteiger partial charge in [0, 0.05) is 19.7 Å². The van der Waals surface area contributed by atoms with Crippen molar-refractivity contribution in [1.82, 2.24) is 14.4 Å². The number of hydrogen-bond donors (Lipinski definition) is 1. The van der Waals surface area contributed by atoms with Crippen LogP contribution in [0.25, 0.3) is 5.69 Å². The fraction of sp³-hybridized carbons (Fsp3) is 0.400. The van der Waals surface area contributed by atoms with Crippen molar-refractivity contribution in [2.75, 3.05) is 7.05 Å². The molecule has 0 spiro atoms. The molecule has 0 atom stereocenters. The summed E-state index contributed by atoms with van der Waals surface area (Å²) in [6.45, 7) is 4.30. The SMILES string of the molecule is CC(C)c1c(CN(C)O)n(C)n(-c2ccccc2)c1=O. The zero-order chi connectivity index (χ0) is 14.9. The Morgan fingerprint density at radius 3 is 2.35 bits per heavy atom. The fourth-order valence-electron chi connectivity index (χ4n) is 2.51. The van der Waals surface area contributed by atoms with Crippen LogP contribution in [-0.2, 0) is 13.6 Å². The molecule has 5 heteroatoms. The Bertz CT molecular complexity index is 639. The molecule has 0 bridgehead atoms. The number of nitrogens with zero attached hydrogens (tertiary/aromatic N) is 3. The molecule has 1 aromatic heterocycles. The number of hydroxylamine groups is 2.